The van der Waals surface area contributed by atoms with Gasteiger partial charge in [0, 0.05) is 12.8 Å². The average Bonchev–Trinajstić information content (AvgIpc) is 2.93. The molecule has 0 unspecified atom stereocenters. The van der Waals surface area contributed by atoms with Crippen molar-refractivity contribution in [1.29, 1.82) is 0 Å². The monoisotopic (exact) mass is 288 g/mol. The third-order valence-corrected chi connectivity index (χ3v) is 4.38. The van der Waals surface area contributed by atoms with Crippen molar-refractivity contribution in [3.8, 4) is 0 Å². The molecule has 2 fully saturated rings. The molecule has 0 amide bonds. The molecule has 0 bridgehead atoms. The molecule has 0 aromatic heterocycles. The molecule has 1 saturated carbocycles. The fourth-order valence-electron chi connectivity index (χ4n) is 3.19. The van der Waals surface area contributed by atoms with Gasteiger partial charge in [0.2, 0.25) is 0 Å². The largest absolute Gasteiger partial charge is 0.367 e. The minimum Gasteiger partial charge on any atom is -0.367 e. The van der Waals surface area contributed by atoms with Crippen molar-refractivity contribution in [2.75, 3.05) is 6.61 Å². The highest BCUT2D eigenvalue weighted by molar-refractivity contribution is 5.13. The van der Waals surface area contributed by atoms with Crippen LogP contribution in [0, 0.1) is 0 Å². The van der Waals surface area contributed by atoms with Crippen LogP contribution in [-0.2, 0) is 20.8 Å². The highest BCUT2D eigenvalue weighted by Crippen LogP contribution is 2.38. The first kappa shape index (κ1) is 14.8. The molecule has 1 aromatic carbocycles. The zero-order chi connectivity index (χ0) is 14.5. The summed E-state index contributed by atoms with van der Waals surface area (Å²) in [4.78, 5) is 0. The van der Waals surface area contributed by atoms with Crippen LogP contribution < -0.4 is 0 Å². The minimum absolute atomic E-state index is 0.0377. The summed E-state index contributed by atoms with van der Waals surface area (Å²) >= 11 is 0. The molecule has 1 aromatic rings. The maximum Gasteiger partial charge on any atom is 0.169 e. The van der Waals surface area contributed by atoms with E-state index in [9.17, 15) is 0 Å². The van der Waals surface area contributed by atoms with Gasteiger partial charge in [0.1, 0.15) is 12.2 Å². The summed E-state index contributed by atoms with van der Waals surface area (Å²) in [6.45, 7) is 5.07. The van der Waals surface area contributed by atoms with E-state index < -0.39 is 0 Å². The van der Waals surface area contributed by atoms with Crippen molar-refractivity contribution in [2.45, 2.75) is 56.7 Å². The fraction of sp³-hybridized carbons (Fsp3) is 0.556. The van der Waals surface area contributed by atoms with Crippen LogP contribution >= 0.6 is 0 Å². The minimum atomic E-state index is -0.347. The maximum atomic E-state index is 6.21. The smallest absolute Gasteiger partial charge is 0.169 e. The van der Waals surface area contributed by atoms with Crippen molar-refractivity contribution < 1.29 is 14.2 Å². The topological polar surface area (TPSA) is 27.7 Å². The summed E-state index contributed by atoms with van der Waals surface area (Å²) < 4.78 is 18.2. The Morgan fingerprint density at radius 2 is 2.00 bits per heavy atom. The van der Waals surface area contributed by atoms with Gasteiger partial charge in [0.05, 0.1) is 13.2 Å². The average molecular weight is 288 g/mol. The molecule has 1 spiro atoms. The lowest BCUT2D eigenvalue weighted by Crippen LogP contribution is -2.36. The summed E-state index contributed by atoms with van der Waals surface area (Å²) in [6, 6.07) is 10.2. The Kier molecular flexibility index (Phi) is 4.73. The lowest BCUT2D eigenvalue weighted by molar-refractivity contribution is -0.196. The van der Waals surface area contributed by atoms with Crippen LogP contribution in [0.2, 0.25) is 0 Å². The molecular weight excluding hydrogens is 264 g/mol. The molecule has 1 saturated heterocycles. The lowest BCUT2D eigenvalue weighted by atomic mass is 9.94. The van der Waals surface area contributed by atoms with Crippen molar-refractivity contribution >= 4 is 0 Å². The first-order chi connectivity index (χ1) is 10.3. The highest BCUT2D eigenvalue weighted by Gasteiger charge is 2.44. The van der Waals surface area contributed by atoms with Crippen molar-refractivity contribution in [3.05, 3.63) is 48.6 Å². The maximum absolute atomic E-state index is 6.21. The van der Waals surface area contributed by atoms with E-state index in [1.165, 1.54) is 19.3 Å². The summed E-state index contributed by atoms with van der Waals surface area (Å²) in [6.07, 6.45) is 7.36. The highest BCUT2D eigenvalue weighted by atomic mass is 16.8. The van der Waals surface area contributed by atoms with Gasteiger partial charge in [-0.3, -0.25) is 0 Å². The van der Waals surface area contributed by atoms with E-state index >= 15 is 0 Å². The molecule has 1 heterocycles. The van der Waals surface area contributed by atoms with Crippen molar-refractivity contribution in [2.24, 2.45) is 0 Å². The van der Waals surface area contributed by atoms with E-state index in [4.69, 9.17) is 14.2 Å². The zero-order valence-electron chi connectivity index (χ0n) is 12.5. The predicted octanol–water partition coefficient (Wildman–Crippen LogP) is 3.83. The first-order valence-electron chi connectivity index (χ1n) is 7.91. The van der Waals surface area contributed by atoms with Gasteiger partial charge in [-0.1, -0.05) is 42.8 Å². The van der Waals surface area contributed by atoms with Gasteiger partial charge in [-0.25, -0.2) is 0 Å². The normalized spacial score (nSPS) is 25.8. The van der Waals surface area contributed by atoms with Gasteiger partial charge in [-0.2, -0.15) is 0 Å². The molecule has 0 radical (unpaired) electrons. The Bertz CT molecular complexity index is 451. The zero-order valence-corrected chi connectivity index (χ0v) is 12.5. The second kappa shape index (κ2) is 6.73. The molecule has 1 aliphatic heterocycles. The Morgan fingerprint density at radius 3 is 2.71 bits per heavy atom. The number of benzene rings is 1. The second-order valence-electron chi connectivity index (χ2n) is 5.94. The lowest BCUT2D eigenvalue weighted by Gasteiger charge is -2.32. The number of rotatable bonds is 5. The predicted molar refractivity (Wildman–Crippen MR) is 81.9 cm³/mol. The molecule has 114 valence electrons. The molecule has 2 atom stereocenters. The standard InChI is InChI=1S/C18H24O3/c1-2-16(19-13-15-9-5-3-6-10-15)17-14-20-18(21-17)11-7-4-8-12-18/h2-3,5-6,9-10,16-17H,1,4,7-8,11-14H2/t16-,17-/m1/s1. The van der Waals surface area contributed by atoms with E-state index in [1.54, 1.807) is 0 Å². The molecule has 21 heavy (non-hydrogen) atoms. The summed E-state index contributed by atoms with van der Waals surface area (Å²) in [5.74, 6) is -0.347. The van der Waals surface area contributed by atoms with E-state index in [2.05, 4.69) is 18.7 Å². The van der Waals surface area contributed by atoms with E-state index in [-0.39, 0.29) is 18.0 Å². The third-order valence-electron chi connectivity index (χ3n) is 4.38. The Morgan fingerprint density at radius 1 is 1.24 bits per heavy atom. The van der Waals surface area contributed by atoms with Gasteiger partial charge in [0.15, 0.2) is 5.79 Å². The van der Waals surface area contributed by atoms with E-state index in [0.29, 0.717) is 13.2 Å². The number of ether oxygens (including phenoxy) is 3. The molecule has 1 aliphatic carbocycles. The molecule has 3 heteroatoms. The second-order valence-corrected chi connectivity index (χ2v) is 5.94. The van der Waals surface area contributed by atoms with Gasteiger partial charge in [-0.05, 0) is 18.4 Å². The van der Waals surface area contributed by atoms with Gasteiger partial charge in [0.25, 0.3) is 0 Å². The van der Waals surface area contributed by atoms with Crippen LogP contribution in [0.1, 0.15) is 37.7 Å². The van der Waals surface area contributed by atoms with Crippen molar-refractivity contribution in [1.82, 2.24) is 0 Å². The van der Waals surface area contributed by atoms with E-state index in [1.807, 2.05) is 24.3 Å². The summed E-state index contributed by atoms with van der Waals surface area (Å²) in [5.41, 5.74) is 1.16. The summed E-state index contributed by atoms with van der Waals surface area (Å²) in [5, 5.41) is 0. The van der Waals surface area contributed by atoms with Crippen LogP contribution in [0.15, 0.2) is 43.0 Å². The van der Waals surface area contributed by atoms with E-state index in [0.717, 1.165) is 18.4 Å². The molecular formula is C18H24O3. The molecule has 3 nitrogen and oxygen atoms in total. The van der Waals surface area contributed by atoms with Crippen LogP contribution in [0.25, 0.3) is 0 Å². The van der Waals surface area contributed by atoms with Crippen molar-refractivity contribution in [3.63, 3.8) is 0 Å². The Labute approximate surface area is 126 Å². The number of hydrogen-bond donors (Lipinski definition) is 0. The van der Waals surface area contributed by atoms with Gasteiger partial charge < -0.3 is 14.2 Å². The summed E-state index contributed by atoms with van der Waals surface area (Å²) in [7, 11) is 0. The molecule has 0 N–H and O–H groups in total. The Balaban J connectivity index is 1.55. The van der Waals surface area contributed by atoms with Crippen LogP contribution in [0.4, 0.5) is 0 Å². The first-order valence-corrected chi connectivity index (χ1v) is 7.91. The van der Waals surface area contributed by atoms with Crippen LogP contribution in [0.5, 0.6) is 0 Å². The molecule has 2 aliphatic rings. The number of hydrogen-bond acceptors (Lipinski definition) is 3. The van der Waals surface area contributed by atoms with Gasteiger partial charge >= 0.3 is 0 Å². The molecule has 3 rings (SSSR count). The fourth-order valence-corrected chi connectivity index (χ4v) is 3.19. The SMILES string of the molecule is C=C[C@@H](OCc1ccccc1)[C@H]1COC2(CCCCC2)O1. The quantitative estimate of drug-likeness (QED) is 0.771. The van der Waals surface area contributed by atoms with Crippen LogP contribution in [-0.4, -0.2) is 24.6 Å². The Hall–Kier alpha value is -1.16. The third kappa shape index (κ3) is 3.54. The van der Waals surface area contributed by atoms with Gasteiger partial charge in [-0.15, -0.1) is 6.58 Å². The van der Waals surface area contributed by atoms with Crippen LogP contribution in [0.3, 0.4) is 0 Å².